The summed E-state index contributed by atoms with van der Waals surface area (Å²) in [6.45, 7) is 5.19. The summed E-state index contributed by atoms with van der Waals surface area (Å²) < 4.78 is 5.43. The first-order valence-electron chi connectivity index (χ1n) is 13.9. The van der Waals surface area contributed by atoms with Gasteiger partial charge in [-0.3, -0.25) is 9.59 Å². The number of anilines is 1. The number of nitrogens with one attached hydrogen (secondary N) is 3. The first-order valence-corrected chi connectivity index (χ1v) is 13.9. The summed E-state index contributed by atoms with van der Waals surface area (Å²) in [5.41, 5.74) is 5.89. The third kappa shape index (κ3) is 7.00. The summed E-state index contributed by atoms with van der Waals surface area (Å²) in [6, 6.07) is 21.1. The molecule has 0 radical (unpaired) electrons. The van der Waals surface area contributed by atoms with Crippen LogP contribution in [0.5, 0.6) is 5.75 Å². The zero-order valence-corrected chi connectivity index (χ0v) is 23.5. The Labute approximate surface area is 236 Å². The molecule has 4 rings (SSSR count). The zero-order valence-electron chi connectivity index (χ0n) is 23.5. The Kier molecular flexibility index (Phi) is 9.78. The van der Waals surface area contributed by atoms with Crippen molar-refractivity contribution in [2.45, 2.75) is 58.7 Å². The predicted octanol–water partition coefficient (Wildman–Crippen LogP) is 4.95. The second-order valence-corrected chi connectivity index (χ2v) is 9.89. The molecule has 1 aliphatic heterocycles. The first-order chi connectivity index (χ1) is 19.4. The first kappa shape index (κ1) is 28.7. The van der Waals surface area contributed by atoms with E-state index in [0.717, 1.165) is 45.7 Å². The van der Waals surface area contributed by atoms with E-state index in [1.54, 1.807) is 12.0 Å². The van der Waals surface area contributed by atoms with Gasteiger partial charge >= 0.3 is 6.03 Å². The van der Waals surface area contributed by atoms with Gasteiger partial charge in [0.2, 0.25) is 11.8 Å². The molecule has 0 saturated carbocycles. The van der Waals surface area contributed by atoms with Gasteiger partial charge in [0, 0.05) is 25.2 Å². The summed E-state index contributed by atoms with van der Waals surface area (Å²) in [4.78, 5) is 39.8. The highest BCUT2D eigenvalue weighted by molar-refractivity contribution is 6.00. The molecular formula is C32H38N4O4. The number of urea groups is 1. The fourth-order valence-electron chi connectivity index (χ4n) is 5.00. The standard InChI is InChI=1S/C32H38N4O4/c1-4-8-30(37)35-28-17-15-24-19-26(40-3)16-18-29(24)36(31(28)38)21-22-11-13-23(14-12-22)27-10-7-6-9-25(27)20-34-32(39)33-5-2/h6-7,9-14,16,18-19,28H,4-5,8,15,17,20-21H2,1-3H3,(H,35,37)(H2,33,34,39)/t28-/m1/s1. The second-order valence-electron chi connectivity index (χ2n) is 9.89. The summed E-state index contributed by atoms with van der Waals surface area (Å²) in [5, 5.41) is 8.60. The normalized spacial score (nSPS) is 14.6. The molecule has 210 valence electrons. The third-order valence-corrected chi connectivity index (χ3v) is 7.06. The third-order valence-electron chi connectivity index (χ3n) is 7.06. The molecule has 1 atom stereocenters. The van der Waals surface area contributed by atoms with E-state index in [-0.39, 0.29) is 17.8 Å². The van der Waals surface area contributed by atoms with Crippen molar-refractivity contribution in [1.29, 1.82) is 0 Å². The molecule has 3 aromatic carbocycles. The highest BCUT2D eigenvalue weighted by Crippen LogP contribution is 2.32. The van der Waals surface area contributed by atoms with Crippen molar-refractivity contribution in [3.8, 4) is 16.9 Å². The fourth-order valence-corrected chi connectivity index (χ4v) is 5.00. The van der Waals surface area contributed by atoms with E-state index >= 15 is 0 Å². The number of methoxy groups -OCH3 is 1. The van der Waals surface area contributed by atoms with Crippen molar-refractivity contribution in [2.75, 3.05) is 18.6 Å². The number of hydrogen-bond donors (Lipinski definition) is 3. The van der Waals surface area contributed by atoms with Crippen LogP contribution in [0.15, 0.2) is 66.7 Å². The van der Waals surface area contributed by atoms with Crippen LogP contribution in [0, 0.1) is 0 Å². The molecule has 4 amide bonds. The Hall–Kier alpha value is -4.33. The smallest absolute Gasteiger partial charge is 0.315 e. The van der Waals surface area contributed by atoms with Gasteiger partial charge in [-0.25, -0.2) is 4.79 Å². The highest BCUT2D eigenvalue weighted by Gasteiger charge is 2.31. The number of carbonyl (C=O) groups is 3. The number of fused-ring (bicyclic) bond motifs is 1. The van der Waals surface area contributed by atoms with Crippen LogP contribution in [-0.2, 0) is 29.1 Å². The van der Waals surface area contributed by atoms with E-state index in [9.17, 15) is 14.4 Å². The Morgan fingerprint density at radius 3 is 2.50 bits per heavy atom. The number of rotatable bonds is 10. The van der Waals surface area contributed by atoms with Crippen LogP contribution in [0.3, 0.4) is 0 Å². The van der Waals surface area contributed by atoms with Crippen molar-refractivity contribution in [3.05, 3.63) is 83.4 Å². The maximum atomic E-state index is 13.8. The maximum absolute atomic E-state index is 13.8. The summed E-state index contributed by atoms with van der Waals surface area (Å²) in [5.74, 6) is 0.526. The number of hydrogen-bond acceptors (Lipinski definition) is 4. The molecule has 3 N–H and O–H groups in total. The Bertz CT molecular complexity index is 1340. The topological polar surface area (TPSA) is 99.8 Å². The molecule has 0 fully saturated rings. The molecule has 0 aromatic heterocycles. The van der Waals surface area contributed by atoms with Gasteiger partial charge in [0.15, 0.2) is 0 Å². The van der Waals surface area contributed by atoms with Gasteiger partial charge in [-0.2, -0.15) is 0 Å². The summed E-state index contributed by atoms with van der Waals surface area (Å²) in [7, 11) is 1.63. The number of aryl methyl sites for hydroxylation is 1. The maximum Gasteiger partial charge on any atom is 0.315 e. The van der Waals surface area contributed by atoms with E-state index in [4.69, 9.17) is 4.74 Å². The van der Waals surface area contributed by atoms with Gasteiger partial charge in [-0.15, -0.1) is 0 Å². The zero-order chi connectivity index (χ0) is 28.5. The SMILES string of the molecule is CCCC(=O)N[C@@H]1CCc2cc(OC)ccc2N(Cc2ccc(-c3ccccc3CNC(=O)NCC)cc2)C1=O. The van der Waals surface area contributed by atoms with E-state index in [0.29, 0.717) is 38.9 Å². The lowest BCUT2D eigenvalue weighted by Gasteiger charge is -2.27. The summed E-state index contributed by atoms with van der Waals surface area (Å²) in [6.07, 6.45) is 2.31. The molecule has 0 saturated heterocycles. The molecule has 0 unspecified atom stereocenters. The molecule has 0 spiro atoms. The van der Waals surface area contributed by atoms with Gasteiger partial charge in [-0.1, -0.05) is 55.5 Å². The van der Waals surface area contributed by atoms with E-state index in [1.165, 1.54) is 0 Å². The van der Waals surface area contributed by atoms with Crippen molar-refractivity contribution in [1.82, 2.24) is 16.0 Å². The highest BCUT2D eigenvalue weighted by atomic mass is 16.5. The number of carbonyl (C=O) groups excluding carboxylic acids is 3. The number of benzene rings is 3. The van der Waals surface area contributed by atoms with Gasteiger partial charge < -0.3 is 25.6 Å². The van der Waals surface area contributed by atoms with Crippen LogP contribution in [-0.4, -0.2) is 37.5 Å². The molecule has 8 heteroatoms. The van der Waals surface area contributed by atoms with Crippen molar-refractivity contribution in [2.24, 2.45) is 0 Å². The predicted molar refractivity (Wildman–Crippen MR) is 157 cm³/mol. The minimum atomic E-state index is -0.582. The molecule has 8 nitrogen and oxygen atoms in total. The van der Waals surface area contributed by atoms with Gasteiger partial charge in [-0.05, 0) is 72.2 Å². The van der Waals surface area contributed by atoms with Gasteiger partial charge in [0.25, 0.3) is 0 Å². The van der Waals surface area contributed by atoms with Crippen LogP contribution in [0.1, 0.15) is 49.8 Å². The molecule has 0 aliphatic carbocycles. The van der Waals surface area contributed by atoms with Crippen molar-refractivity contribution < 1.29 is 19.1 Å². The van der Waals surface area contributed by atoms with Gasteiger partial charge in [0.05, 0.1) is 13.7 Å². The second kappa shape index (κ2) is 13.6. The summed E-state index contributed by atoms with van der Waals surface area (Å²) >= 11 is 0. The fraction of sp³-hybridized carbons (Fsp3) is 0.344. The van der Waals surface area contributed by atoms with E-state index < -0.39 is 6.04 Å². The van der Waals surface area contributed by atoms with Crippen LogP contribution in [0.4, 0.5) is 10.5 Å². The van der Waals surface area contributed by atoms with E-state index in [1.807, 2.05) is 80.6 Å². The minimum absolute atomic E-state index is 0.103. The average Bonchev–Trinajstić information content (AvgIpc) is 3.09. The van der Waals surface area contributed by atoms with Crippen molar-refractivity contribution in [3.63, 3.8) is 0 Å². The lowest BCUT2D eigenvalue weighted by molar-refractivity contribution is -0.127. The minimum Gasteiger partial charge on any atom is -0.497 e. The average molecular weight is 543 g/mol. The molecule has 1 heterocycles. The van der Waals surface area contributed by atoms with Crippen LogP contribution in [0.2, 0.25) is 0 Å². The quantitative estimate of drug-likeness (QED) is 0.338. The lowest BCUT2D eigenvalue weighted by Crippen LogP contribution is -2.47. The monoisotopic (exact) mass is 542 g/mol. The Morgan fingerprint density at radius 2 is 1.77 bits per heavy atom. The molecule has 40 heavy (non-hydrogen) atoms. The van der Waals surface area contributed by atoms with E-state index in [2.05, 4.69) is 16.0 Å². The Balaban J connectivity index is 1.58. The number of nitrogens with zero attached hydrogens (tertiary/aromatic N) is 1. The Morgan fingerprint density at radius 1 is 1.00 bits per heavy atom. The number of amides is 4. The van der Waals surface area contributed by atoms with Crippen LogP contribution >= 0.6 is 0 Å². The molecular weight excluding hydrogens is 504 g/mol. The lowest BCUT2D eigenvalue weighted by atomic mass is 9.98. The van der Waals surface area contributed by atoms with Gasteiger partial charge in [0.1, 0.15) is 11.8 Å². The molecule has 1 aliphatic rings. The van der Waals surface area contributed by atoms with Crippen molar-refractivity contribution >= 4 is 23.5 Å². The number of ether oxygens (including phenoxy) is 1. The van der Waals surface area contributed by atoms with Crippen LogP contribution in [0.25, 0.3) is 11.1 Å². The molecule has 3 aromatic rings. The molecule has 0 bridgehead atoms. The van der Waals surface area contributed by atoms with Crippen LogP contribution < -0.4 is 25.6 Å². The largest absolute Gasteiger partial charge is 0.497 e.